The van der Waals surface area contributed by atoms with E-state index >= 15 is 0 Å². The van der Waals surface area contributed by atoms with Gasteiger partial charge in [0.1, 0.15) is 6.61 Å². The van der Waals surface area contributed by atoms with Gasteiger partial charge in [-0.2, -0.15) is 13.2 Å². The molecule has 0 spiro atoms. The summed E-state index contributed by atoms with van der Waals surface area (Å²) in [5.74, 6) is 0. The van der Waals surface area contributed by atoms with Crippen molar-refractivity contribution < 1.29 is 22.6 Å². The Morgan fingerprint density at radius 3 is 2.63 bits per heavy atom. The van der Waals surface area contributed by atoms with Crippen molar-refractivity contribution in [1.29, 1.82) is 0 Å². The molecule has 2 fully saturated rings. The van der Waals surface area contributed by atoms with E-state index in [4.69, 9.17) is 9.47 Å². The van der Waals surface area contributed by atoms with Gasteiger partial charge < -0.3 is 14.8 Å². The summed E-state index contributed by atoms with van der Waals surface area (Å²) >= 11 is 0. The zero-order valence-electron chi connectivity index (χ0n) is 11.3. The molecule has 1 saturated carbocycles. The van der Waals surface area contributed by atoms with Gasteiger partial charge in [0.05, 0.1) is 6.10 Å². The summed E-state index contributed by atoms with van der Waals surface area (Å²) in [4.78, 5) is 0. The van der Waals surface area contributed by atoms with Crippen molar-refractivity contribution in [3.05, 3.63) is 0 Å². The van der Waals surface area contributed by atoms with Crippen LogP contribution < -0.4 is 5.32 Å². The highest BCUT2D eigenvalue weighted by Crippen LogP contribution is 2.38. The fraction of sp³-hybridized carbons (Fsp3) is 1.00. The Labute approximate surface area is 111 Å². The van der Waals surface area contributed by atoms with Gasteiger partial charge in [-0.25, -0.2) is 0 Å². The van der Waals surface area contributed by atoms with E-state index in [1.54, 1.807) is 0 Å². The van der Waals surface area contributed by atoms with E-state index in [1.165, 1.54) is 12.8 Å². The molecule has 6 heteroatoms. The van der Waals surface area contributed by atoms with E-state index in [1.807, 2.05) is 6.92 Å². The lowest BCUT2D eigenvalue weighted by molar-refractivity contribution is -0.175. The topological polar surface area (TPSA) is 30.5 Å². The van der Waals surface area contributed by atoms with Crippen LogP contribution in [-0.2, 0) is 9.47 Å². The number of ether oxygens (including phenoxy) is 2. The molecule has 1 saturated heterocycles. The smallest absolute Gasteiger partial charge is 0.378 e. The van der Waals surface area contributed by atoms with Gasteiger partial charge in [-0.1, -0.05) is 0 Å². The molecular formula is C13H22F3NO2. The van der Waals surface area contributed by atoms with E-state index in [0.29, 0.717) is 19.1 Å². The van der Waals surface area contributed by atoms with Crippen molar-refractivity contribution >= 4 is 0 Å². The molecule has 112 valence electrons. The molecule has 0 aromatic carbocycles. The third-order valence-electron chi connectivity index (χ3n) is 4.16. The minimum atomic E-state index is -4.24. The maximum atomic E-state index is 12.0. The quantitative estimate of drug-likeness (QED) is 0.727. The molecule has 1 aliphatic carbocycles. The summed E-state index contributed by atoms with van der Waals surface area (Å²) in [5.41, 5.74) is -0.0752. The summed E-state index contributed by atoms with van der Waals surface area (Å²) in [7, 11) is 0. The minimum Gasteiger partial charge on any atom is -0.378 e. The zero-order valence-corrected chi connectivity index (χ0v) is 11.3. The van der Waals surface area contributed by atoms with Gasteiger partial charge in [0.2, 0.25) is 0 Å². The summed E-state index contributed by atoms with van der Waals surface area (Å²) in [6.07, 6.45) is -0.246. The molecule has 2 aliphatic rings. The molecule has 2 rings (SSSR count). The Hall–Kier alpha value is -0.330. The van der Waals surface area contributed by atoms with Gasteiger partial charge in [0.15, 0.2) is 0 Å². The molecule has 1 N–H and O–H groups in total. The van der Waals surface area contributed by atoms with Gasteiger partial charge >= 0.3 is 6.18 Å². The van der Waals surface area contributed by atoms with Gasteiger partial charge in [-0.3, -0.25) is 0 Å². The molecule has 1 aliphatic heterocycles. The van der Waals surface area contributed by atoms with Crippen LogP contribution in [-0.4, -0.2) is 44.7 Å². The highest BCUT2D eigenvalue weighted by atomic mass is 19.4. The minimum absolute atomic E-state index is 0.0752. The standard InChI is InChI=1S/C13H22F3NO2/c1-10-12(5-7-19-10,8-17-11-2-3-11)4-6-18-9-13(14,15)16/h10-11,17H,2-9H2,1H3. The van der Waals surface area contributed by atoms with Crippen LogP contribution in [0.15, 0.2) is 0 Å². The Kier molecular flexibility index (Phi) is 4.74. The van der Waals surface area contributed by atoms with Crippen molar-refractivity contribution in [2.24, 2.45) is 5.41 Å². The van der Waals surface area contributed by atoms with E-state index in [-0.39, 0.29) is 18.1 Å². The van der Waals surface area contributed by atoms with E-state index in [0.717, 1.165) is 13.0 Å². The highest BCUT2D eigenvalue weighted by Gasteiger charge is 2.42. The lowest BCUT2D eigenvalue weighted by Crippen LogP contribution is -2.41. The lowest BCUT2D eigenvalue weighted by Gasteiger charge is -2.32. The molecule has 2 unspecified atom stereocenters. The maximum Gasteiger partial charge on any atom is 0.411 e. The lowest BCUT2D eigenvalue weighted by atomic mass is 9.78. The highest BCUT2D eigenvalue weighted by molar-refractivity contribution is 4.94. The largest absolute Gasteiger partial charge is 0.411 e. The van der Waals surface area contributed by atoms with Crippen LogP contribution in [0, 0.1) is 5.41 Å². The second-order valence-electron chi connectivity index (χ2n) is 5.70. The molecule has 1 heterocycles. The molecule has 0 amide bonds. The second-order valence-corrected chi connectivity index (χ2v) is 5.70. The molecule has 2 atom stereocenters. The van der Waals surface area contributed by atoms with Crippen LogP contribution >= 0.6 is 0 Å². The van der Waals surface area contributed by atoms with Gasteiger partial charge in [0, 0.05) is 31.2 Å². The molecule has 0 radical (unpaired) electrons. The number of halogens is 3. The predicted molar refractivity (Wildman–Crippen MR) is 65.0 cm³/mol. The SMILES string of the molecule is CC1OCCC1(CCOCC(F)(F)F)CNC1CC1. The third kappa shape index (κ3) is 4.61. The van der Waals surface area contributed by atoms with Crippen LogP contribution in [0.4, 0.5) is 13.2 Å². The maximum absolute atomic E-state index is 12.0. The first-order chi connectivity index (χ1) is 8.91. The Morgan fingerprint density at radius 1 is 1.37 bits per heavy atom. The Bertz CT molecular complexity index is 294. The first-order valence-electron chi connectivity index (χ1n) is 6.91. The van der Waals surface area contributed by atoms with Crippen LogP contribution in [0.2, 0.25) is 0 Å². The first kappa shape index (κ1) is 15.1. The van der Waals surface area contributed by atoms with E-state index < -0.39 is 12.8 Å². The Morgan fingerprint density at radius 2 is 2.11 bits per heavy atom. The first-order valence-corrected chi connectivity index (χ1v) is 6.91. The van der Waals surface area contributed by atoms with Gasteiger partial charge in [-0.15, -0.1) is 0 Å². The van der Waals surface area contributed by atoms with Crippen LogP contribution in [0.1, 0.15) is 32.6 Å². The van der Waals surface area contributed by atoms with Gasteiger partial charge in [-0.05, 0) is 32.6 Å². The Balaban J connectivity index is 1.76. The fourth-order valence-corrected chi connectivity index (χ4v) is 2.57. The van der Waals surface area contributed by atoms with E-state index in [9.17, 15) is 13.2 Å². The van der Waals surface area contributed by atoms with Crippen molar-refractivity contribution in [3.8, 4) is 0 Å². The number of rotatable bonds is 7. The number of alkyl halides is 3. The van der Waals surface area contributed by atoms with Crippen LogP contribution in [0.25, 0.3) is 0 Å². The summed E-state index contributed by atoms with van der Waals surface area (Å²) < 4.78 is 46.4. The zero-order chi connectivity index (χ0) is 13.9. The van der Waals surface area contributed by atoms with Crippen molar-refractivity contribution in [2.45, 2.75) is 50.9 Å². The summed E-state index contributed by atoms with van der Waals surface area (Å²) in [5, 5.41) is 3.47. The molecule has 0 bridgehead atoms. The molecular weight excluding hydrogens is 259 g/mol. The average molecular weight is 281 g/mol. The van der Waals surface area contributed by atoms with Crippen LogP contribution in [0.3, 0.4) is 0 Å². The number of nitrogens with one attached hydrogen (secondary N) is 1. The molecule has 3 nitrogen and oxygen atoms in total. The normalized spacial score (nSPS) is 31.9. The second kappa shape index (κ2) is 5.97. The summed E-state index contributed by atoms with van der Waals surface area (Å²) in [6.45, 7) is 2.49. The van der Waals surface area contributed by atoms with E-state index in [2.05, 4.69) is 5.32 Å². The van der Waals surface area contributed by atoms with Crippen molar-refractivity contribution in [3.63, 3.8) is 0 Å². The third-order valence-corrected chi connectivity index (χ3v) is 4.16. The molecule has 0 aromatic heterocycles. The van der Waals surface area contributed by atoms with Crippen molar-refractivity contribution in [2.75, 3.05) is 26.4 Å². The van der Waals surface area contributed by atoms with Crippen LogP contribution in [0.5, 0.6) is 0 Å². The molecule has 19 heavy (non-hydrogen) atoms. The van der Waals surface area contributed by atoms with Crippen molar-refractivity contribution in [1.82, 2.24) is 5.32 Å². The average Bonchev–Trinajstić information content (AvgIpc) is 3.07. The molecule has 0 aromatic rings. The number of hydrogen-bond acceptors (Lipinski definition) is 3. The summed E-state index contributed by atoms with van der Waals surface area (Å²) in [6, 6.07) is 0.598. The van der Waals surface area contributed by atoms with Gasteiger partial charge in [0.25, 0.3) is 0 Å². The predicted octanol–water partition coefficient (Wildman–Crippen LogP) is 2.50. The fourth-order valence-electron chi connectivity index (χ4n) is 2.57. The monoisotopic (exact) mass is 281 g/mol. The number of hydrogen-bond donors (Lipinski definition) is 1.